The predicted octanol–water partition coefficient (Wildman–Crippen LogP) is 3.23. The van der Waals surface area contributed by atoms with Crippen molar-refractivity contribution in [1.29, 1.82) is 0 Å². The molecule has 1 heterocycles. The highest BCUT2D eigenvalue weighted by Crippen LogP contribution is 2.19. The zero-order valence-electron chi connectivity index (χ0n) is 10.9. The predicted molar refractivity (Wildman–Crippen MR) is 71.9 cm³/mol. The van der Waals surface area contributed by atoms with Gasteiger partial charge in [0.2, 0.25) is 5.95 Å². The van der Waals surface area contributed by atoms with Crippen molar-refractivity contribution in [2.45, 2.75) is 27.7 Å². The van der Waals surface area contributed by atoms with E-state index in [1.165, 1.54) is 16.8 Å². The van der Waals surface area contributed by atoms with Crippen LogP contribution in [0, 0.1) is 20.8 Å². The minimum atomic E-state index is 0.876. The molecule has 0 aliphatic heterocycles. The molecule has 3 heteroatoms. The van der Waals surface area contributed by atoms with Gasteiger partial charge in [-0.25, -0.2) is 4.98 Å². The Morgan fingerprint density at radius 1 is 1.12 bits per heavy atom. The lowest BCUT2D eigenvalue weighted by atomic mass is 10.1. The molecule has 0 bridgehead atoms. The van der Waals surface area contributed by atoms with Crippen LogP contribution in [0.25, 0.3) is 5.69 Å². The summed E-state index contributed by atoms with van der Waals surface area (Å²) in [5, 5.41) is 3.29. The summed E-state index contributed by atoms with van der Waals surface area (Å²) >= 11 is 0. The Morgan fingerprint density at radius 2 is 1.76 bits per heavy atom. The molecule has 0 spiro atoms. The second-order valence-electron chi connectivity index (χ2n) is 4.45. The number of nitrogens with zero attached hydrogens (tertiary/aromatic N) is 2. The average Bonchev–Trinajstić information content (AvgIpc) is 2.58. The van der Waals surface area contributed by atoms with E-state index >= 15 is 0 Å². The highest BCUT2D eigenvalue weighted by molar-refractivity contribution is 5.46. The number of rotatable bonds is 3. The summed E-state index contributed by atoms with van der Waals surface area (Å²) in [6.45, 7) is 9.21. The summed E-state index contributed by atoms with van der Waals surface area (Å²) in [5.41, 5.74) is 4.74. The highest BCUT2D eigenvalue weighted by Gasteiger charge is 2.07. The van der Waals surface area contributed by atoms with E-state index in [1.54, 1.807) is 0 Å². The van der Waals surface area contributed by atoms with Crippen LogP contribution in [0.15, 0.2) is 24.4 Å². The first-order chi connectivity index (χ1) is 8.10. The van der Waals surface area contributed by atoms with Crippen LogP contribution in [0.2, 0.25) is 0 Å². The topological polar surface area (TPSA) is 29.9 Å². The molecule has 1 aromatic heterocycles. The number of imidazole rings is 1. The van der Waals surface area contributed by atoms with Gasteiger partial charge in [-0.15, -0.1) is 0 Å². The van der Waals surface area contributed by atoms with Gasteiger partial charge in [0.25, 0.3) is 0 Å². The maximum absolute atomic E-state index is 4.49. The minimum Gasteiger partial charge on any atom is -0.356 e. The van der Waals surface area contributed by atoms with E-state index in [9.17, 15) is 0 Å². The molecule has 0 saturated carbocycles. The van der Waals surface area contributed by atoms with Crippen molar-refractivity contribution in [2.75, 3.05) is 11.9 Å². The first kappa shape index (κ1) is 11.7. The van der Waals surface area contributed by atoms with Crippen LogP contribution >= 0.6 is 0 Å². The van der Waals surface area contributed by atoms with Gasteiger partial charge in [0, 0.05) is 18.4 Å². The van der Waals surface area contributed by atoms with E-state index in [0.29, 0.717) is 0 Å². The molecule has 0 aliphatic rings. The van der Waals surface area contributed by atoms with Crippen LogP contribution in [-0.2, 0) is 0 Å². The Kier molecular flexibility index (Phi) is 3.18. The zero-order chi connectivity index (χ0) is 12.4. The third-order valence-electron chi connectivity index (χ3n) is 2.65. The molecule has 0 aliphatic carbocycles. The van der Waals surface area contributed by atoms with Gasteiger partial charge in [-0.05, 0) is 51.0 Å². The van der Waals surface area contributed by atoms with Crippen LogP contribution in [0.4, 0.5) is 5.95 Å². The Morgan fingerprint density at radius 3 is 2.35 bits per heavy atom. The van der Waals surface area contributed by atoms with E-state index in [0.717, 1.165) is 18.2 Å². The molecule has 0 amide bonds. The fourth-order valence-corrected chi connectivity index (χ4v) is 2.07. The van der Waals surface area contributed by atoms with Gasteiger partial charge in [-0.2, -0.15) is 0 Å². The first-order valence-electron chi connectivity index (χ1n) is 5.98. The molecule has 2 aromatic rings. The molecular formula is C14H19N3. The molecule has 0 fully saturated rings. The lowest BCUT2D eigenvalue weighted by Crippen LogP contribution is -2.05. The van der Waals surface area contributed by atoms with E-state index in [4.69, 9.17) is 0 Å². The number of hydrogen-bond acceptors (Lipinski definition) is 2. The van der Waals surface area contributed by atoms with E-state index in [1.807, 2.05) is 6.92 Å². The van der Waals surface area contributed by atoms with Crippen LogP contribution in [0.3, 0.4) is 0 Å². The molecule has 0 atom stereocenters. The van der Waals surface area contributed by atoms with Crippen LogP contribution < -0.4 is 5.32 Å². The van der Waals surface area contributed by atoms with E-state index < -0.39 is 0 Å². The Hall–Kier alpha value is -1.77. The summed E-state index contributed by atoms with van der Waals surface area (Å²) in [4.78, 5) is 4.49. The van der Waals surface area contributed by atoms with Crippen molar-refractivity contribution < 1.29 is 0 Å². The van der Waals surface area contributed by atoms with Crippen LogP contribution in [0.5, 0.6) is 0 Å². The summed E-state index contributed by atoms with van der Waals surface area (Å²) < 4.78 is 2.11. The fourth-order valence-electron chi connectivity index (χ4n) is 2.07. The maximum Gasteiger partial charge on any atom is 0.207 e. The number of aryl methyl sites for hydroxylation is 3. The van der Waals surface area contributed by atoms with E-state index in [-0.39, 0.29) is 0 Å². The molecule has 0 radical (unpaired) electrons. The Labute approximate surface area is 103 Å². The number of aromatic nitrogens is 2. The number of hydrogen-bond donors (Lipinski definition) is 1. The van der Waals surface area contributed by atoms with Crippen LogP contribution in [0.1, 0.15) is 23.7 Å². The lowest BCUT2D eigenvalue weighted by molar-refractivity contribution is 1.02. The summed E-state index contributed by atoms with van der Waals surface area (Å²) in [6.07, 6.45) is 2.06. The molecule has 2 rings (SSSR count). The van der Waals surface area contributed by atoms with Crippen molar-refractivity contribution in [2.24, 2.45) is 0 Å². The molecular weight excluding hydrogens is 210 g/mol. The molecule has 0 saturated heterocycles. The molecule has 1 N–H and O–H groups in total. The third-order valence-corrected chi connectivity index (χ3v) is 2.65. The van der Waals surface area contributed by atoms with Crippen molar-refractivity contribution in [3.63, 3.8) is 0 Å². The first-order valence-corrected chi connectivity index (χ1v) is 5.98. The van der Waals surface area contributed by atoms with Gasteiger partial charge in [0.05, 0.1) is 5.69 Å². The second-order valence-corrected chi connectivity index (χ2v) is 4.45. The third kappa shape index (κ3) is 2.49. The Balaban J connectivity index is 2.51. The van der Waals surface area contributed by atoms with Crippen LogP contribution in [-0.4, -0.2) is 16.1 Å². The van der Waals surface area contributed by atoms with Crippen molar-refractivity contribution in [3.05, 3.63) is 41.2 Å². The standard InChI is InChI=1S/C14H19N3/c1-5-15-14-16-12(4)9-17(14)13-7-10(2)6-11(3)8-13/h6-9H,5H2,1-4H3,(H,15,16). The van der Waals surface area contributed by atoms with Crippen molar-refractivity contribution in [3.8, 4) is 5.69 Å². The lowest BCUT2D eigenvalue weighted by Gasteiger charge is -2.10. The van der Waals surface area contributed by atoms with Crippen molar-refractivity contribution in [1.82, 2.24) is 9.55 Å². The fraction of sp³-hybridized carbons (Fsp3) is 0.357. The minimum absolute atomic E-state index is 0.876. The average molecular weight is 229 g/mol. The zero-order valence-corrected chi connectivity index (χ0v) is 10.9. The SMILES string of the molecule is CCNc1nc(C)cn1-c1cc(C)cc(C)c1. The Bertz CT molecular complexity index is 506. The molecule has 3 nitrogen and oxygen atoms in total. The highest BCUT2D eigenvalue weighted by atomic mass is 15.2. The monoisotopic (exact) mass is 229 g/mol. The van der Waals surface area contributed by atoms with Gasteiger partial charge in [-0.1, -0.05) is 6.07 Å². The quantitative estimate of drug-likeness (QED) is 0.875. The van der Waals surface area contributed by atoms with Gasteiger partial charge in [0.1, 0.15) is 0 Å². The van der Waals surface area contributed by atoms with Gasteiger partial charge in [0.15, 0.2) is 0 Å². The molecule has 1 aromatic carbocycles. The summed E-state index contributed by atoms with van der Waals surface area (Å²) in [6, 6.07) is 6.53. The number of anilines is 1. The summed E-state index contributed by atoms with van der Waals surface area (Å²) in [5.74, 6) is 0.912. The molecule has 90 valence electrons. The van der Waals surface area contributed by atoms with Gasteiger partial charge >= 0.3 is 0 Å². The van der Waals surface area contributed by atoms with Gasteiger partial charge < -0.3 is 5.32 Å². The largest absolute Gasteiger partial charge is 0.356 e. The number of benzene rings is 1. The van der Waals surface area contributed by atoms with E-state index in [2.05, 4.69) is 60.0 Å². The smallest absolute Gasteiger partial charge is 0.207 e. The molecule has 17 heavy (non-hydrogen) atoms. The normalized spacial score (nSPS) is 10.6. The van der Waals surface area contributed by atoms with Gasteiger partial charge in [-0.3, -0.25) is 4.57 Å². The maximum atomic E-state index is 4.49. The number of nitrogens with one attached hydrogen (secondary N) is 1. The summed E-state index contributed by atoms with van der Waals surface area (Å²) in [7, 11) is 0. The van der Waals surface area contributed by atoms with Crippen molar-refractivity contribution >= 4 is 5.95 Å². The second kappa shape index (κ2) is 4.62. The molecule has 0 unspecified atom stereocenters.